The van der Waals surface area contributed by atoms with Crippen LogP contribution in [0.15, 0.2) is 36.4 Å². The average molecular weight is 199 g/mol. The van der Waals surface area contributed by atoms with E-state index >= 15 is 0 Å². The number of fused-ring (bicyclic) bond motifs is 2. The van der Waals surface area contributed by atoms with Crippen molar-refractivity contribution in [3.63, 3.8) is 0 Å². The molecule has 1 atom stereocenters. The van der Waals surface area contributed by atoms with Gasteiger partial charge in [0.15, 0.2) is 0 Å². The second-order valence-corrected chi connectivity index (χ2v) is 3.98. The highest BCUT2D eigenvalue weighted by Crippen LogP contribution is 2.33. The molecule has 2 aromatic rings. The summed E-state index contributed by atoms with van der Waals surface area (Å²) in [6.45, 7) is 0.729. The van der Waals surface area contributed by atoms with E-state index < -0.39 is 0 Å². The van der Waals surface area contributed by atoms with Crippen LogP contribution in [-0.4, -0.2) is 6.61 Å². The molecule has 0 radical (unpaired) electrons. The zero-order valence-corrected chi connectivity index (χ0v) is 8.44. The summed E-state index contributed by atoms with van der Waals surface area (Å²) in [5, 5.41) is 2.45. The summed E-state index contributed by atoms with van der Waals surface area (Å²) in [4.78, 5) is 0. The standard InChI is InChI=1S/C13H13NO/c14-12-5-6-15-13-8-10-4-2-1-3-9(10)7-11(12)13/h1-4,7-8,12H,5-6,14H2/t12-/m0/s1. The Kier molecular flexibility index (Phi) is 1.89. The molecule has 2 nitrogen and oxygen atoms in total. The molecule has 0 saturated heterocycles. The van der Waals surface area contributed by atoms with E-state index in [0.29, 0.717) is 0 Å². The number of ether oxygens (including phenoxy) is 1. The Balaban J connectivity index is 2.27. The molecular formula is C13H13NO. The normalized spacial score (nSPS) is 19.7. The van der Waals surface area contributed by atoms with Crippen molar-refractivity contribution >= 4 is 10.8 Å². The average Bonchev–Trinajstić information content (AvgIpc) is 2.27. The molecule has 2 heteroatoms. The van der Waals surface area contributed by atoms with E-state index in [4.69, 9.17) is 10.5 Å². The van der Waals surface area contributed by atoms with E-state index in [-0.39, 0.29) is 6.04 Å². The first-order valence-electron chi connectivity index (χ1n) is 5.26. The number of hydrogen-bond donors (Lipinski definition) is 1. The molecule has 0 unspecified atom stereocenters. The van der Waals surface area contributed by atoms with E-state index in [1.165, 1.54) is 10.8 Å². The van der Waals surface area contributed by atoms with E-state index in [2.05, 4.69) is 24.3 Å². The Morgan fingerprint density at radius 1 is 1.13 bits per heavy atom. The van der Waals surface area contributed by atoms with Crippen molar-refractivity contribution in [2.24, 2.45) is 5.73 Å². The van der Waals surface area contributed by atoms with Crippen LogP contribution >= 0.6 is 0 Å². The summed E-state index contributed by atoms with van der Waals surface area (Å²) in [7, 11) is 0. The zero-order chi connectivity index (χ0) is 10.3. The maximum absolute atomic E-state index is 6.06. The Bertz CT molecular complexity index is 507. The van der Waals surface area contributed by atoms with Gasteiger partial charge in [-0.3, -0.25) is 0 Å². The van der Waals surface area contributed by atoms with Gasteiger partial charge >= 0.3 is 0 Å². The van der Waals surface area contributed by atoms with Crippen LogP contribution in [0.2, 0.25) is 0 Å². The summed E-state index contributed by atoms with van der Waals surface area (Å²) in [6, 6.07) is 12.6. The van der Waals surface area contributed by atoms with Crippen LogP contribution in [0.25, 0.3) is 10.8 Å². The van der Waals surface area contributed by atoms with Crippen LogP contribution in [-0.2, 0) is 0 Å². The molecule has 0 spiro atoms. The minimum atomic E-state index is 0.123. The third kappa shape index (κ3) is 1.38. The van der Waals surface area contributed by atoms with Crippen LogP contribution < -0.4 is 10.5 Å². The fraction of sp³-hybridized carbons (Fsp3) is 0.231. The zero-order valence-electron chi connectivity index (χ0n) is 8.44. The van der Waals surface area contributed by atoms with Crippen molar-refractivity contribution in [2.45, 2.75) is 12.5 Å². The molecule has 0 fully saturated rings. The molecule has 2 N–H and O–H groups in total. The molecule has 15 heavy (non-hydrogen) atoms. The predicted molar refractivity (Wildman–Crippen MR) is 61.0 cm³/mol. The molecular weight excluding hydrogens is 186 g/mol. The first-order valence-corrected chi connectivity index (χ1v) is 5.26. The third-order valence-corrected chi connectivity index (χ3v) is 2.96. The first-order chi connectivity index (χ1) is 7.34. The Labute approximate surface area is 88.7 Å². The molecule has 1 heterocycles. The summed E-state index contributed by atoms with van der Waals surface area (Å²) in [5.74, 6) is 0.951. The van der Waals surface area contributed by atoms with Gasteiger partial charge in [-0.25, -0.2) is 0 Å². The highest BCUT2D eigenvalue weighted by atomic mass is 16.5. The van der Waals surface area contributed by atoms with Crippen molar-refractivity contribution in [3.8, 4) is 5.75 Å². The smallest absolute Gasteiger partial charge is 0.124 e. The van der Waals surface area contributed by atoms with Crippen molar-refractivity contribution < 1.29 is 4.74 Å². The topological polar surface area (TPSA) is 35.2 Å². The minimum absolute atomic E-state index is 0.123. The molecule has 1 aliphatic heterocycles. The lowest BCUT2D eigenvalue weighted by Crippen LogP contribution is -2.20. The van der Waals surface area contributed by atoms with Gasteiger partial charge in [0.05, 0.1) is 6.61 Å². The van der Waals surface area contributed by atoms with Crippen LogP contribution in [0.4, 0.5) is 0 Å². The lowest BCUT2D eigenvalue weighted by atomic mass is 9.98. The molecule has 0 bridgehead atoms. The van der Waals surface area contributed by atoms with Crippen molar-refractivity contribution in [2.75, 3.05) is 6.61 Å². The van der Waals surface area contributed by atoms with Crippen LogP contribution in [0, 0.1) is 0 Å². The Hall–Kier alpha value is -1.54. The van der Waals surface area contributed by atoms with E-state index in [1.54, 1.807) is 0 Å². The molecule has 0 aliphatic carbocycles. The van der Waals surface area contributed by atoms with Gasteiger partial charge < -0.3 is 10.5 Å². The van der Waals surface area contributed by atoms with Gasteiger partial charge in [0.25, 0.3) is 0 Å². The molecule has 0 amide bonds. The molecule has 1 aliphatic rings. The first kappa shape index (κ1) is 8.74. The van der Waals surface area contributed by atoms with Crippen molar-refractivity contribution in [1.82, 2.24) is 0 Å². The van der Waals surface area contributed by atoms with Crippen molar-refractivity contribution in [3.05, 3.63) is 42.0 Å². The monoisotopic (exact) mass is 199 g/mol. The molecule has 0 aromatic heterocycles. The van der Waals surface area contributed by atoms with Crippen LogP contribution in [0.3, 0.4) is 0 Å². The van der Waals surface area contributed by atoms with Gasteiger partial charge in [-0.2, -0.15) is 0 Å². The Morgan fingerprint density at radius 2 is 1.87 bits per heavy atom. The summed E-state index contributed by atoms with van der Waals surface area (Å²) in [6.07, 6.45) is 0.908. The summed E-state index contributed by atoms with van der Waals surface area (Å²) >= 11 is 0. The van der Waals surface area contributed by atoms with Gasteiger partial charge in [-0.15, -0.1) is 0 Å². The van der Waals surface area contributed by atoms with E-state index in [0.717, 1.165) is 24.3 Å². The fourth-order valence-corrected chi connectivity index (χ4v) is 2.10. The van der Waals surface area contributed by atoms with Crippen molar-refractivity contribution in [1.29, 1.82) is 0 Å². The highest BCUT2D eigenvalue weighted by Gasteiger charge is 2.18. The minimum Gasteiger partial charge on any atom is -0.493 e. The Morgan fingerprint density at radius 3 is 2.67 bits per heavy atom. The number of benzene rings is 2. The van der Waals surface area contributed by atoms with Gasteiger partial charge in [0.1, 0.15) is 5.75 Å². The maximum Gasteiger partial charge on any atom is 0.124 e. The summed E-state index contributed by atoms with van der Waals surface area (Å²) in [5.41, 5.74) is 7.20. The second-order valence-electron chi connectivity index (χ2n) is 3.98. The van der Waals surface area contributed by atoms with Gasteiger partial charge in [0.2, 0.25) is 0 Å². The SMILES string of the molecule is N[C@H]1CCOc2cc3ccccc3cc21. The number of nitrogens with two attached hydrogens (primary N) is 1. The highest BCUT2D eigenvalue weighted by molar-refractivity contribution is 5.85. The van der Waals surface area contributed by atoms with Gasteiger partial charge in [0, 0.05) is 18.0 Å². The second kappa shape index (κ2) is 3.24. The molecule has 2 aromatic carbocycles. The van der Waals surface area contributed by atoms with Gasteiger partial charge in [-0.05, 0) is 22.9 Å². The maximum atomic E-state index is 6.06. The van der Waals surface area contributed by atoms with Crippen LogP contribution in [0.1, 0.15) is 18.0 Å². The van der Waals surface area contributed by atoms with Crippen LogP contribution in [0.5, 0.6) is 5.75 Å². The van der Waals surface area contributed by atoms with E-state index in [1.807, 2.05) is 12.1 Å². The summed E-state index contributed by atoms with van der Waals surface area (Å²) < 4.78 is 5.62. The van der Waals surface area contributed by atoms with E-state index in [9.17, 15) is 0 Å². The number of hydrogen-bond acceptors (Lipinski definition) is 2. The molecule has 76 valence electrons. The largest absolute Gasteiger partial charge is 0.493 e. The lowest BCUT2D eigenvalue weighted by molar-refractivity contribution is 0.269. The van der Waals surface area contributed by atoms with Gasteiger partial charge in [-0.1, -0.05) is 24.3 Å². The fourth-order valence-electron chi connectivity index (χ4n) is 2.10. The number of rotatable bonds is 0. The predicted octanol–water partition coefficient (Wildman–Crippen LogP) is 2.62. The quantitative estimate of drug-likeness (QED) is 0.707. The third-order valence-electron chi connectivity index (χ3n) is 2.96. The lowest BCUT2D eigenvalue weighted by Gasteiger charge is -2.23. The molecule has 0 saturated carbocycles. The molecule has 3 rings (SSSR count).